The van der Waals surface area contributed by atoms with Crippen molar-refractivity contribution in [1.29, 1.82) is 0 Å². The highest BCUT2D eigenvalue weighted by Gasteiger charge is 2.28. The van der Waals surface area contributed by atoms with Crippen molar-refractivity contribution in [3.8, 4) is 0 Å². The normalized spacial score (nSPS) is 12.9. The Morgan fingerprint density at radius 1 is 0.778 bits per heavy atom. The van der Waals surface area contributed by atoms with Gasteiger partial charge in [0.1, 0.15) is 0 Å². The molecule has 2 rings (SSSR count). The lowest BCUT2D eigenvalue weighted by Crippen LogP contribution is -2.32. The Kier molecular flexibility index (Phi) is 3.20. The third kappa shape index (κ3) is 2.73. The van der Waals surface area contributed by atoms with E-state index in [4.69, 9.17) is 4.74 Å². The number of fused-ring (bicyclic) bond motifs is 1. The Morgan fingerprint density at radius 3 is 2.06 bits per heavy atom. The van der Waals surface area contributed by atoms with E-state index in [2.05, 4.69) is 77.1 Å². The van der Waals surface area contributed by atoms with Gasteiger partial charge >= 0.3 is 0 Å². The Hall–Kier alpha value is -1.34. The highest BCUT2D eigenvalue weighted by molar-refractivity contribution is 5.86. The molecule has 1 heteroatoms. The van der Waals surface area contributed by atoms with E-state index in [0.29, 0.717) is 0 Å². The Bertz CT molecular complexity index is 542. The highest BCUT2D eigenvalue weighted by Crippen LogP contribution is 2.34. The molecule has 0 bridgehead atoms. The van der Waals surface area contributed by atoms with Crippen LogP contribution in [-0.4, -0.2) is 5.60 Å². The molecule has 0 amide bonds. The fourth-order valence-electron chi connectivity index (χ4n) is 2.57. The van der Waals surface area contributed by atoms with Gasteiger partial charge in [-0.3, -0.25) is 0 Å². The minimum atomic E-state index is -0.293. The molecule has 0 N–H and O–H groups in total. The topological polar surface area (TPSA) is 9.23 Å². The molecule has 0 unspecified atom stereocenters. The molecule has 18 heavy (non-hydrogen) atoms. The second-order valence-electron chi connectivity index (χ2n) is 6.25. The maximum atomic E-state index is 6.22. The molecule has 0 saturated heterocycles. The lowest BCUT2D eigenvalue weighted by Gasteiger charge is -2.35. The first-order valence-electron chi connectivity index (χ1n) is 6.48. The van der Waals surface area contributed by atoms with Crippen LogP contribution in [0.5, 0.6) is 0 Å². The Morgan fingerprint density at radius 2 is 1.39 bits per heavy atom. The smallest absolute Gasteiger partial charge is 0.0888 e. The molecule has 1 nitrogen and oxygen atoms in total. The van der Waals surface area contributed by atoms with Gasteiger partial charge in [-0.15, -0.1) is 0 Å². The standard InChI is InChI=1S/C17H22O/c1-16(2,3)18-17(4,5)15-12-8-10-13-9-6-7-11-14(13)15/h6-12H,1-5H3. The van der Waals surface area contributed by atoms with Crippen molar-refractivity contribution in [2.24, 2.45) is 0 Å². The van der Waals surface area contributed by atoms with Crippen LogP contribution in [0.25, 0.3) is 10.8 Å². The lowest BCUT2D eigenvalue weighted by atomic mass is 9.91. The van der Waals surface area contributed by atoms with Crippen molar-refractivity contribution in [2.75, 3.05) is 0 Å². The van der Waals surface area contributed by atoms with E-state index >= 15 is 0 Å². The summed E-state index contributed by atoms with van der Waals surface area (Å²) >= 11 is 0. The van der Waals surface area contributed by atoms with Crippen LogP contribution in [-0.2, 0) is 10.3 Å². The summed E-state index contributed by atoms with van der Waals surface area (Å²) < 4.78 is 6.22. The summed E-state index contributed by atoms with van der Waals surface area (Å²) in [5.41, 5.74) is 0.801. The number of ether oxygens (including phenoxy) is 1. The average molecular weight is 242 g/mol. The molecule has 96 valence electrons. The SMILES string of the molecule is CC(C)(C)OC(C)(C)c1cccc2ccccc12. The molecule has 0 aromatic heterocycles. The van der Waals surface area contributed by atoms with Crippen LogP contribution in [0.2, 0.25) is 0 Å². The van der Waals surface area contributed by atoms with E-state index in [0.717, 1.165) is 0 Å². The van der Waals surface area contributed by atoms with Crippen molar-refractivity contribution in [1.82, 2.24) is 0 Å². The summed E-state index contributed by atoms with van der Waals surface area (Å²) in [5.74, 6) is 0. The molecule has 0 radical (unpaired) electrons. The van der Waals surface area contributed by atoms with Gasteiger partial charge in [0.25, 0.3) is 0 Å². The third-order valence-corrected chi connectivity index (χ3v) is 3.00. The summed E-state index contributed by atoms with van der Waals surface area (Å²) in [7, 11) is 0. The highest BCUT2D eigenvalue weighted by atomic mass is 16.5. The van der Waals surface area contributed by atoms with E-state index in [9.17, 15) is 0 Å². The van der Waals surface area contributed by atoms with E-state index in [-0.39, 0.29) is 11.2 Å². The quantitative estimate of drug-likeness (QED) is 0.728. The largest absolute Gasteiger partial charge is 0.365 e. The first kappa shape index (κ1) is 13.1. The van der Waals surface area contributed by atoms with Gasteiger partial charge in [0, 0.05) is 0 Å². The van der Waals surface area contributed by atoms with Gasteiger partial charge in [-0.2, -0.15) is 0 Å². The van der Waals surface area contributed by atoms with Gasteiger partial charge < -0.3 is 4.74 Å². The zero-order valence-corrected chi connectivity index (χ0v) is 11.9. The van der Waals surface area contributed by atoms with Crippen molar-refractivity contribution < 1.29 is 4.74 Å². The van der Waals surface area contributed by atoms with E-state index in [1.165, 1.54) is 16.3 Å². The van der Waals surface area contributed by atoms with Crippen LogP contribution < -0.4 is 0 Å². The van der Waals surface area contributed by atoms with Crippen molar-refractivity contribution in [2.45, 2.75) is 45.8 Å². The summed E-state index contributed by atoms with van der Waals surface area (Å²) in [6, 6.07) is 14.9. The van der Waals surface area contributed by atoms with E-state index in [1.807, 2.05) is 0 Å². The first-order valence-corrected chi connectivity index (χ1v) is 6.48. The zero-order chi connectivity index (χ0) is 13.4. The molecule has 0 spiro atoms. The predicted octanol–water partition coefficient (Wildman–Crippen LogP) is 4.89. The number of hydrogen-bond acceptors (Lipinski definition) is 1. The van der Waals surface area contributed by atoms with E-state index in [1.54, 1.807) is 0 Å². The monoisotopic (exact) mass is 242 g/mol. The first-order chi connectivity index (χ1) is 8.30. The third-order valence-electron chi connectivity index (χ3n) is 3.00. The van der Waals surface area contributed by atoms with Gasteiger partial charge in [-0.05, 0) is 51.0 Å². The molecule has 0 aliphatic carbocycles. The fraction of sp³-hybridized carbons (Fsp3) is 0.412. The summed E-state index contributed by atoms with van der Waals surface area (Å²) in [6.07, 6.45) is 0. The van der Waals surface area contributed by atoms with Crippen LogP contribution in [0.4, 0.5) is 0 Å². The van der Waals surface area contributed by atoms with Gasteiger partial charge in [0.15, 0.2) is 0 Å². The second kappa shape index (κ2) is 4.40. The van der Waals surface area contributed by atoms with Crippen LogP contribution >= 0.6 is 0 Å². The van der Waals surface area contributed by atoms with Crippen LogP contribution in [0.3, 0.4) is 0 Å². The molecule has 0 fully saturated rings. The van der Waals surface area contributed by atoms with Gasteiger partial charge in [0.2, 0.25) is 0 Å². The molecule has 0 atom stereocenters. The Balaban J connectivity index is 2.53. The summed E-state index contributed by atoms with van der Waals surface area (Å²) in [6.45, 7) is 10.6. The van der Waals surface area contributed by atoms with Crippen LogP contribution in [0.15, 0.2) is 42.5 Å². The second-order valence-corrected chi connectivity index (χ2v) is 6.25. The summed E-state index contributed by atoms with van der Waals surface area (Å²) in [4.78, 5) is 0. The molecule has 2 aromatic rings. The number of hydrogen-bond donors (Lipinski definition) is 0. The molecule has 0 aliphatic rings. The van der Waals surface area contributed by atoms with Gasteiger partial charge in [-0.25, -0.2) is 0 Å². The Labute approximate surface area is 110 Å². The average Bonchev–Trinajstić information content (AvgIpc) is 2.25. The van der Waals surface area contributed by atoms with E-state index < -0.39 is 0 Å². The van der Waals surface area contributed by atoms with Gasteiger partial charge in [-0.1, -0.05) is 42.5 Å². The van der Waals surface area contributed by atoms with Crippen molar-refractivity contribution in [3.63, 3.8) is 0 Å². The van der Waals surface area contributed by atoms with Gasteiger partial charge in [0.05, 0.1) is 11.2 Å². The fourth-order valence-corrected chi connectivity index (χ4v) is 2.57. The molecular formula is C17H22O. The van der Waals surface area contributed by atoms with Crippen molar-refractivity contribution in [3.05, 3.63) is 48.0 Å². The molecule has 2 aromatic carbocycles. The molecule has 0 saturated carbocycles. The van der Waals surface area contributed by atoms with Crippen molar-refractivity contribution >= 4 is 10.8 Å². The number of rotatable bonds is 2. The minimum Gasteiger partial charge on any atom is -0.365 e. The maximum absolute atomic E-state index is 6.22. The van der Waals surface area contributed by atoms with Crippen LogP contribution in [0, 0.1) is 0 Å². The number of benzene rings is 2. The lowest BCUT2D eigenvalue weighted by molar-refractivity contribution is -0.116. The van der Waals surface area contributed by atoms with Crippen LogP contribution in [0.1, 0.15) is 40.2 Å². The molecule has 0 aliphatic heterocycles. The summed E-state index contributed by atoms with van der Waals surface area (Å²) in [5, 5.41) is 2.54. The zero-order valence-electron chi connectivity index (χ0n) is 11.9. The predicted molar refractivity (Wildman–Crippen MR) is 77.8 cm³/mol. The molecular weight excluding hydrogens is 220 g/mol. The minimum absolute atomic E-state index is 0.152. The molecule has 0 heterocycles. The maximum Gasteiger partial charge on any atom is 0.0888 e.